The second-order valence-corrected chi connectivity index (χ2v) is 11.6. The average Bonchev–Trinajstić information content (AvgIpc) is 3.01. The van der Waals surface area contributed by atoms with Gasteiger partial charge in [0, 0.05) is 6.42 Å². The molecule has 4 nitrogen and oxygen atoms in total. The number of hydrogen-bond donors (Lipinski definition) is 3. The molecule has 0 spiro atoms. The fourth-order valence-corrected chi connectivity index (χ4v) is 4.72. The Bertz CT molecular complexity index is 777. The first-order valence-electron chi connectivity index (χ1n) is 17.7. The zero-order chi connectivity index (χ0) is 31.5. The van der Waals surface area contributed by atoms with Crippen LogP contribution in [0.1, 0.15) is 149 Å². The summed E-state index contributed by atoms with van der Waals surface area (Å²) < 4.78 is 0. The van der Waals surface area contributed by atoms with Gasteiger partial charge in [0.15, 0.2) is 0 Å². The van der Waals surface area contributed by atoms with Crippen molar-refractivity contribution in [3.63, 3.8) is 0 Å². The molecule has 2 unspecified atom stereocenters. The molecule has 0 saturated carbocycles. The molecule has 2 atom stereocenters. The zero-order valence-corrected chi connectivity index (χ0v) is 27.9. The maximum atomic E-state index is 12.2. The molecule has 0 aliphatic rings. The molecule has 3 N–H and O–H groups in total. The second-order valence-electron chi connectivity index (χ2n) is 11.6. The maximum absolute atomic E-state index is 12.2. The summed E-state index contributed by atoms with van der Waals surface area (Å²) in [4.78, 5) is 12.2. The molecule has 0 rings (SSSR count). The van der Waals surface area contributed by atoms with Gasteiger partial charge in [-0.15, -0.1) is 0 Å². The van der Waals surface area contributed by atoms with Crippen molar-refractivity contribution in [2.24, 2.45) is 0 Å². The van der Waals surface area contributed by atoms with E-state index >= 15 is 0 Å². The Morgan fingerprint density at radius 1 is 0.581 bits per heavy atom. The lowest BCUT2D eigenvalue weighted by molar-refractivity contribution is -0.123. The van der Waals surface area contributed by atoms with Gasteiger partial charge in [-0.2, -0.15) is 0 Å². The van der Waals surface area contributed by atoms with Crippen LogP contribution < -0.4 is 5.32 Å². The van der Waals surface area contributed by atoms with E-state index in [0.29, 0.717) is 6.42 Å². The number of nitrogens with one attached hydrogen (secondary N) is 1. The van der Waals surface area contributed by atoms with Gasteiger partial charge in [-0.3, -0.25) is 4.79 Å². The molecule has 4 heteroatoms. The Kier molecular flexibility index (Phi) is 32.6. The summed E-state index contributed by atoms with van der Waals surface area (Å²) in [5, 5.41) is 22.4. The van der Waals surface area contributed by atoms with Crippen molar-refractivity contribution >= 4 is 5.91 Å². The van der Waals surface area contributed by atoms with Crippen molar-refractivity contribution in [1.82, 2.24) is 5.32 Å². The third kappa shape index (κ3) is 31.1. The van der Waals surface area contributed by atoms with E-state index < -0.39 is 12.1 Å². The Labute approximate surface area is 266 Å². The molecule has 0 aliphatic carbocycles. The zero-order valence-electron chi connectivity index (χ0n) is 27.9. The van der Waals surface area contributed by atoms with E-state index in [2.05, 4.69) is 79.9 Å². The SMILES string of the molecule is CC/C=C\C/C=C\C/C=C\C/C=C\C/C=C\CCCCCCCCCCCCCC(=O)NC(CO)C(O)/C=C/CCCC. The third-order valence-corrected chi connectivity index (χ3v) is 7.45. The molecule has 0 saturated heterocycles. The number of rotatable bonds is 30. The van der Waals surface area contributed by atoms with Gasteiger partial charge < -0.3 is 15.5 Å². The highest BCUT2D eigenvalue weighted by molar-refractivity contribution is 5.76. The van der Waals surface area contributed by atoms with Crippen LogP contribution >= 0.6 is 0 Å². The molecule has 43 heavy (non-hydrogen) atoms. The third-order valence-electron chi connectivity index (χ3n) is 7.45. The Hall–Kier alpha value is -2.17. The molecule has 0 fully saturated rings. The molecule has 0 heterocycles. The molecular formula is C39H67NO3. The first-order valence-corrected chi connectivity index (χ1v) is 17.7. The van der Waals surface area contributed by atoms with Crippen LogP contribution in [0.3, 0.4) is 0 Å². The van der Waals surface area contributed by atoms with Crippen LogP contribution in [0, 0.1) is 0 Å². The minimum atomic E-state index is -0.838. The highest BCUT2D eigenvalue weighted by atomic mass is 16.3. The van der Waals surface area contributed by atoms with E-state index in [4.69, 9.17) is 0 Å². The highest BCUT2D eigenvalue weighted by Crippen LogP contribution is 2.13. The number of aliphatic hydroxyl groups is 2. The number of allylic oxidation sites excluding steroid dienone is 11. The predicted molar refractivity (Wildman–Crippen MR) is 188 cm³/mol. The van der Waals surface area contributed by atoms with Crippen LogP contribution in [-0.2, 0) is 4.79 Å². The highest BCUT2D eigenvalue weighted by Gasteiger charge is 2.17. The summed E-state index contributed by atoms with van der Waals surface area (Å²) in [5.41, 5.74) is 0. The van der Waals surface area contributed by atoms with Crippen LogP contribution in [0.4, 0.5) is 0 Å². The number of hydrogen-bond acceptors (Lipinski definition) is 3. The quantitative estimate of drug-likeness (QED) is 0.0570. The smallest absolute Gasteiger partial charge is 0.220 e. The van der Waals surface area contributed by atoms with Gasteiger partial charge in [0.2, 0.25) is 5.91 Å². The van der Waals surface area contributed by atoms with Gasteiger partial charge in [0.25, 0.3) is 0 Å². The maximum Gasteiger partial charge on any atom is 0.220 e. The summed E-state index contributed by atoms with van der Waals surface area (Å²) in [6, 6.07) is -0.622. The van der Waals surface area contributed by atoms with E-state index in [9.17, 15) is 15.0 Å². The van der Waals surface area contributed by atoms with E-state index in [1.807, 2.05) is 6.08 Å². The van der Waals surface area contributed by atoms with Crippen LogP contribution in [0.15, 0.2) is 72.9 Å². The van der Waals surface area contributed by atoms with E-state index in [1.165, 1.54) is 64.2 Å². The molecule has 0 aromatic carbocycles. The molecule has 0 bridgehead atoms. The summed E-state index contributed by atoms with van der Waals surface area (Å²) in [5.74, 6) is -0.0820. The van der Waals surface area contributed by atoms with Gasteiger partial charge in [0.05, 0.1) is 18.8 Å². The minimum Gasteiger partial charge on any atom is -0.394 e. The summed E-state index contributed by atoms with van der Waals surface area (Å²) in [6.07, 6.45) is 48.9. The van der Waals surface area contributed by atoms with Crippen molar-refractivity contribution in [1.29, 1.82) is 0 Å². The number of amides is 1. The van der Waals surface area contributed by atoms with Crippen molar-refractivity contribution in [2.75, 3.05) is 6.61 Å². The summed E-state index contributed by atoms with van der Waals surface area (Å²) in [6.45, 7) is 4.03. The summed E-state index contributed by atoms with van der Waals surface area (Å²) in [7, 11) is 0. The van der Waals surface area contributed by atoms with E-state index in [-0.39, 0.29) is 12.5 Å². The van der Waals surface area contributed by atoms with Gasteiger partial charge in [0.1, 0.15) is 0 Å². The van der Waals surface area contributed by atoms with Crippen molar-refractivity contribution < 1.29 is 15.0 Å². The molecule has 1 amide bonds. The first-order chi connectivity index (χ1) is 21.2. The molecule has 246 valence electrons. The number of carbonyl (C=O) groups excluding carboxylic acids is 1. The number of unbranched alkanes of at least 4 members (excludes halogenated alkanes) is 13. The topological polar surface area (TPSA) is 69.6 Å². The van der Waals surface area contributed by atoms with Gasteiger partial charge in [-0.1, -0.05) is 157 Å². The van der Waals surface area contributed by atoms with E-state index in [0.717, 1.165) is 64.2 Å². The molecule has 0 aromatic heterocycles. The molecule has 0 aliphatic heterocycles. The standard InChI is InChI=1S/C39H67NO3/c1-3-5-7-9-10-11-12-13-14-15-16-17-18-19-20-21-22-23-24-25-26-27-28-29-30-31-33-35-39(43)40-37(36-41)38(42)34-32-8-6-4-2/h5,7,10-11,13-14,16-17,19-20,32,34,37-38,41-42H,3-4,6,8-9,12,15,18,21-31,33,35-36H2,1-2H3,(H,40,43)/b7-5-,11-10-,14-13-,17-16-,20-19-,34-32+. The summed E-state index contributed by atoms with van der Waals surface area (Å²) >= 11 is 0. The van der Waals surface area contributed by atoms with Crippen LogP contribution in [-0.4, -0.2) is 34.9 Å². The minimum absolute atomic E-state index is 0.0820. The van der Waals surface area contributed by atoms with Crippen LogP contribution in [0.5, 0.6) is 0 Å². The van der Waals surface area contributed by atoms with Gasteiger partial charge >= 0.3 is 0 Å². The Morgan fingerprint density at radius 2 is 1.02 bits per heavy atom. The van der Waals surface area contributed by atoms with Crippen LogP contribution in [0.2, 0.25) is 0 Å². The lowest BCUT2D eigenvalue weighted by Crippen LogP contribution is -2.45. The van der Waals surface area contributed by atoms with Gasteiger partial charge in [-0.05, 0) is 57.8 Å². The monoisotopic (exact) mass is 598 g/mol. The van der Waals surface area contributed by atoms with Crippen molar-refractivity contribution in [3.8, 4) is 0 Å². The van der Waals surface area contributed by atoms with Gasteiger partial charge in [-0.25, -0.2) is 0 Å². The molecular weight excluding hydrogens is 530 g/mol. The molecule has 0 aromatic rings. The Balaban J connectivity index is 3.51. The average molecular weight is 598 g/mol. The number of carbonyl (C=O) groups is 1. The lowest BCUT2D eigenvalue weighted by atomic mass is 10.0. The Morgan fingerprint density at radius 3 is 1.51 bits per heavy atom. The fraction of sp³-hybridized carbons (Fsp3) is 0.667. The second kappa shape index (κ2) is 34.3. The fourth-order valence-electron chi connectivity index (χ4n) is 4.72. The van der Waals surface area contributed by atoms with Crippen LogP contribution in [0.25, 0.3) is 0 Å². The molecule has 0 radical (unpaired) electrons. The normalized spacial score (nSPS) is 14.0. The predicted octanol–water partition coefficient (Wildman–Crippen LogP) is 10.4. The first kappa shape index (κ1) is 40.8. The van der Waals surface area contributed by atoms with Crippen molar-refractivity contribution in [2.45, 2.75) is 161 Å². The largest absolute Gasteiger partial charge is 0.394 e. The van der Waals surface area contributed by atoms with Crippen molar-refractivity contribution in [3.05, 3.63) is 72.9 Å². The lowest BCUT2D eigenvalue weighted by Gasteiger charge is -2.19. The van der Waals surface area contributed by atoms with E-state index in [1.54, 1.807) is 6.08 Å². The number of aliphatic hydroxyl groups excluding tert-OH is 2.